The van der Waals surface area contributed by atoms with Crippen LogP contribution in [-0.2, 0) is 14.8 Å². The minimum Gasteiger partial charge on any atom is -0.482 e. The first-order chi connectivity index (χ1) is 15.1. The van der Waals surface area contributed by atoms with Gasteiger partial charge in [-0.2, -0.15) is 5.10 Å². The lowest BCUT2D eigenvalue weighted by atomic mass is 10.2. The third kappa shape index (κ3) is 5.68. The Bertz CT molecular complexity index is 1290. The van der Waals surface area contributed by atoms with Gasteiger partial charge in [0.2, 0.25) is 10.0 Å². The number of nitrogens with zero attached hydrogens (tertiary/aromatic N) is 2. The standard InChI is InChI=1S/C21H20Cl2N4O4S/c1-13-9-15(14(2)27(13)17-4-6-18(7-5-17)32(24,29)30)11-25-26-21(28)12-31-20-8-3-16(22)10-19(20)23/h3-11H,12H2,1-2H3,(H,26,28)(H2,24,29,30)/b25-11-. The van der Waals surface area contributed by atoms with Gasteiger partial charge in [0.25, 0.3) is 5.91 Å². The number of aromatic nitrogens is 1. The number of benzene rings is 2. The summed E-state index contributed by atoms with van der Waals surface area (Å²) in [6, 6.07) is 12.8. The van der Waals surface area contributed by atoms with E-state index in [1.165, 1.54) is 24.4 Å². The highest BCUT2D eigenvalue weighted by atomic mass is 35.5. The Morgan fingerprint density at radius 3 is 2.47 bits per heavy atom. The Kier molecular flexibility index (Phi) is 7.25. The van der Waals surface area contributed by atoms with E-state index in [1.807, 2.05) is 24.5 Å². The monoisotopic (exact) mass is 494 g/mol. The minimum atomic E-state index is -3.76. The maximum atomic E-state index is 12.0. The summed E-state index contributed by atoms with van der Waals surface area (Å²) in [5.74, 6) is -0.119. The number of aryl methyl sites for hydroxylation is 1. The number of nitrogens with one attached hydrogen (secondary N) is 1. The predicted octanol–water partition coefficient (Wildman–Crippen LogP) is 3.58. The Hall–Kier alpha value is -2.85. The number of nitrogens with two attached hydrogens (primary N) is 1. The fourth-order valence-electron chi connectivity index (χ4n) is 3.04. The Balaban J connectivity index is 1.66. The first kappa shape index (κ1) is 23.8. The number of carbonyl (C=O) groups is 1. The molecule has 0 saturated heterocycles. The van der Waals surface area contributed by atoms with Crippen LogP contribution in [0.1, 0.15) is 17.0 Å². The molecule has 0 aliphatic heterocycles. The van der Waals surface area contributed by atoms with E-state index < -0.39 is 15.9 Å². The molecule has 0 aliphatic rings. The summed E-state index contributed by atoms with van der Waals surface area (Å²) < 4.78 is 30.2. The maximum Gasteiger partial charge on any atom is 0.277 e. The van der Waals surface area contributed by atoms with Crippen molar-refractivity contribution in [1.82, 2.24) is 9.99 Å². The third-order valence-corrected chi connectivity index (χ3v) is 6.00. The van der Waals surface area contributed by atoms with E-state index in [-0.39, 0.29) is 11.5 Å². The number of sulfonamides is 1. The lowest BCUT2D eigenvalue weighted by molar-refractivity contribution is -0.123. The van der Waals surface area contributed by atoms with Gasteiger partial charge in [0.15, 0.2) is 6.61 Å². The number of amides is 1. The fourth-order valence-corrected chi connectivity index (χ4v) is 4.02. The molecule has 2 aromatic carbocycles. The number of hydrazone groups is 1. The van der Waals surface area contributed by atoms with Gasteiger partial charge >= 0.3 is 0 Å². The van der Waals surface area contributed by atoms with Crippen LogP contribution in [0.4, 0.5) is 0 Å². The van der Waals surface area contributed by atoms with Crippen molar-refractivity contribution in [3.63, 3.8) is 0 Å². The van der Waals surface area contributed by atoms with E-state index in [1.54, 1.807) is 24.3 Å². The second-order valence-corrected chi connectivity index (χ2v) is 9.26. The van der Waals surface area contributed by atoms with Gasteiger partial charge in [0.1, 0.15) is 5.75 Å². The van der Waals surface area contributed by atoms with Crippen molar-refractivity contribution >= 4 is 45.3 Å². The summed E-state index contributed by atoms with van der Waals surface area (Å²) in [6.45, 7) is 3.52. The van der Waals surface area contributed by atoms with Crippen LogP contribution in [0.15, 0.2) is 58.5 Å². The molecule has 168 valence electrons. The van der Waals surface area contributed by atoms with Gasteiger partial charge in [-0.15, -0.1) is 0 Å². The number of ether oxygens (including phenoxy) is 1. The molecule has 3 rings (SSSR count). The van der Waals surface area contributed by atoms with Crippen molar-refractivity contribution in [2.45, 2.75) is 18.7 Å². The normalized spacial score (nSPS) is 11.7. The quantitative estimate of drug-likeness (QED) is 0.385. The molecule has 0 aliphatic carbocycles. The van der Waals surface area contributed by atoms with Crippen LogP contribution in [0.25, 0.3) is 5.69 Å². The van der Waals surface area contributed by atoms with Gasteiger partial charge in [-0.1, -0.05) is 23.2 Å². The van der Waals surface area contributed by atoms with Crippen LogP contribution in [0.3, 0.4) is 0 Å². The molecular weight excluding hydrogens is 475 g/mol. The first-order valence-corrected chi connectivity index (χ1v) is 11.6. The van der Waals surface area contributed by atoms with E-state index in [4.69, 9.17) is 33.1 Å². The van der Waals surface area contributed by atoms with Crippen molar-refractivity contribution in [2.75, 3.05) is 6.61 Å². The third-order valence-electron chi connectivity index (χ3n) is 4.54. The molecule has 0 atom stereocenters. The zero-order valence-electron chi connectivity index (χ0n) is 17.2. The number of primary sulfonamides is 1. The van der Waals surface area contributed by atoms with Crippen molar-refractivity contribution < 1.29 is 17.9 Å². The molecule has 1 heterocycles. The van der Waals surface area contributed by atoms with Crippen LogP contribution in [-0.4, -0.2) is 31.7 Å². The number of hydrogen-bond donors (Lipinski definition) is 2. The molecule has 3 aromatic rings. The van der Waals surface area contributed by atoms with Gasteiger partial charge in [0, 0.05) is 27.7 Å². The van der Waals surface area contributed by atoms with E-state index in [0.717, 1.165) is 22.6 Å². The largest absolute Gasteiger partial charge is 0.482 e. The summed E-state index contributed by atoms with van der Waals surface area (Å²) in [4.78, 5) is 12.0. The van der Waals surface area contributed by atoms with E-state index in [9.17, 15) is 13.2 Å². The van der Waals surface area contributed by atoms with Crippen LogP contribution >= 0.6 is 23.2 Å². The van der Waals surface area contributed by atoms with Gasteiger partial charge < -0.3 is 9.30 Å². The lowest BCUT2D eigenvalue weighted by Gasteiger charge is -2.10. The average molecular weight is 495 g/mol. The number of rotatable bonds is 7. The van der Waals surface area contributed by atoms with Gasteiger partial charge in [-0.25, -0.2) is 19.0 Å². The summed E-state index contributed by atoms with van der Waals surface area (Å²) in [5.41, 5.74) is 5.70. The first-order valence-electron chi connectivity index (χ1n) is 9.28. The fraction of sp³-hybridized carbons (Fsp3) is 0.143. The minimum absolute atomic E-state index is 0.0373. The average Bonchev–Trinajstić information content (AvgIpc) is 3.00. The summed E-state index contributed by atoms with van der Waals surface area (Å²) >= 11 is 11.8. The van der Waals surface area contributed by atoms with Gasteiger partial charge in [-0.3, -0.25) is 4.79 Å². The van der Waals surface area contributed by atoms with Crippen molar-refractivity contribution in [3.8, 4) is 11.4 Å². The highest BCUT2D eigenvalue weighted by molar-refractivity contribution is 7.89. The van der Waals surface area contributed by atoms with E-state index in [0.29, 0.717) is 15.8 Å². The molecule has 1 amide bonds. The molecule has 0 fully saturated rings. The van der Waals surface area contributed by atoms with Crippen molar-refractivity contribution in [3.05, 3.63) is 75.5 Å². The maximum absolute atomic E-state index is 12.0. The summed E-state index contributed by atoms with van der Waals surface area (Å²) in [5, 5.41) is 9.90. The Morgan fingerprint density at radius 2 is 1.84 bits per heavy atom. The molecule has 11 heteroatoms. The molecule has 32 heavy (non-hydrogen) atoms. The molecule has 8 nitrogen and oxygen atoms in total. The second kappa shape index (κ2) is 9.74. The van der Waals surface area contributed by atoms with Crippen LogP contribution in [0.2, 0.25) is 10.0 Å². The van der Waals surface area contributed by atoms with E-state index in [2.05, 4.69) is 10.5 Å². The molecule has 3 N–H and O–H groups in total. The van der Waals surface area contributed by atoms with Gasteiger partial charge in [0.05, 0.1) is 16.1 Å². The van der Waals surface area contributed by atoms with Crippen LogP contribution < -0.4 is 15.3 Å². The zero-order valence-corrected chi connectivity index (χ0v) is 19.5. The highest BCUT2D eigenvalue weighted by Gasteiger charge is 2.12. The molecule has 0 saturated carbocycles. The second-order valence-electron chi connectivity index (χ2n) is 6.86. The number of hydrogen-bond acceptors (Lipinski definition) is 5. The zero-order chi connectivity index (χ0) is 23.5. The molecule has 0 radical (unpaired) electrons. The SMILES string of the molecule is Cc1cc(/C=N\NC(=O)COc2ccc(Cl)cc2Cl)c(C)n1-c1ccc(S(N)(=O)=O)cc1. The molecular formula is C21H20Cl2N4O4S. The number of carbonyl (C=O) groups excluding carboxylic acids is 1. The van der Waals surface area contributed by atoms with Crippen molar-refractivity contribution in [1.29, 1.82) is 0 Å². The molecule has 0 spiro atoms. The Labute approximate surface area is 195 Å². The van der Waals surface area contributed by atoms with Gasteiger partial charge in [-0.05, 0) is 62.4 Å². The topological polar surface area (TPSA) is 116 Å². The number of halogens is 2. The lowest BCUT2D eigenvalue weighted by Crippen LogP contribution is -2.24. The van der Waals surface area contributed by atoms with Crippen LogP contribution in [0.5, 0.6) is 5.75 Å². The van der Waals surface area contributed by atoms with E-state index >= 15 is 0 Å². The van der Waals surface area contributed by atoms with Crippen LogP contribution in [0, 0.1) is 13.8 Å². The summed E-state index contributed by atoms with van der Waals surface area (Å²) in [6.07, 6.45) is 1.52. The molecule has 0 unspecified atom stereocenters. The Morgan fingerprint density at radius 1 is 1.16 bits per heavy atom. The summed E-state index contributed by atoms with van der Waals surface area (Å²) in [7, 11) is -3.76. The molecule has 1 aromatic heterocycles. The predicted molar refractivity (Wildman–Crippen MR) is 124 cm³/mol. The van der Waals surface area contributed by atoms with Crippen molar-refractivity contribution in [2.24, 2.45) is 10.2 Å². The highest BCUT2D eigenvalue weighted by Crippen LogP contribution is 2.27. The smallest absolute Gasteiger partial charge is 0.277 e. The molecule has 0 bridgehead atoms.